The second kappa shape index (κ2) is 5.93. The molecule has 0 spiro atoms. The molecule has 1 fully saturated rings. The fourth-order valence-corrected chi connectivity index (χ4v) is 2.86. The van der Waals surface area contributed by atoms with E-state index < -0.39 is 0 Å². The third-order valence-corrected chi connectivity index (χ3v) is 3.91. The molecule has 1 aromatic carbocycles. The lowest BCUT2D eigenvalue weighted by Crippen LogP contribution is -2.37. The molecule has 0 radical (unpaired) electrons. The van der Waals surface area contributed by atoms with E-state index in [1.807, 2.05) is 0 Å². The Morgan fingerprint density at radius 3 is 2.89 bits per heavy atom. The summed E-state index contributed by atoms with van der Waals surface area (Å²) in [7, 11) is 1.71. The van der Waals surface area contributed by atoms with Crippen LogP contribution < -0.4 is 15.0 Å². The number of nitrogens with one attached hydrogen (secondary N) is 1. The van der Waals surface area contributed by atoms with E-state index in [-0.39, 0.29) is 0 Å². The van der Waals surface area contributed by atoms with Gasteiger partial charge in [0.05, 0.1) is 11.6 Å². The van der Waals surface area contributed by atoms with Gasteiger partial charge in [0.15, 0.2) is 0 Å². The van der Waals surface area contributed by atoms with Gasteiger partial charge in [0.25, 0.3) is 0 Å². The van der Waals surface area contributed by atoms with E-state index in [4.69, 9.17) is 4.74 Å². The molecule has 1 unspecified atom stereocenters. The molecule has 100 valence electrons. The van der Waals surface area contributed by atoms with Crippen LogP contribution >= 0.6 is 15.9 Å². The first-order chi connectivity index (χ1) is 8.60. The van der Waals surface area contributed by atoms with Crippen molar-refractivity contribution in [2.75, 3.05) is 25.1 Å². The summed E-state index contributed by atoms with van der Waals surface area (Å²) in [5.41, 5.74) is 1.24. The Labute approximate surface area is 118 Å². The van der Waals surface area contributed by atoms with Gasteiger partial charge in [-0.3, -0.25) is 0 Å². The minimum atomic E-state index is 0.550. The zero-order valence-electron chi connectivity index (χ0n) is 11.2. The maximum atomic E-state index is 5.35. The van der Waals surface area contributed by atoms with Gasteiger partial charge in [-0.1, -0.05) is 13.8 Å². The van der Waals surface area contributed by atoms with E-state index in [0.717, 1.165) is 23.3 Å². The quantitative estimate of drug-likeness (QED) is 0.925. The Balaban J connectivity index is 2.05. The van der Waals surface area contributed by atoms with E-state index in [9.17, 15) is 0 Å². The summed E-state index contributed by atoms with van der Waals surface area (Å²) >= 11 is 3.49. The van der Waals surface area contributed by atoms with Crippen molar-refractivity contribution in [2.45, 2.75) is 32.4 Å². The number of hydrogen-bond donors (Lipinski definition) is 1. The van der Waals surface area contributed by atoms with Gasteiger partial charge in [-0.15, -0.1) is 0 Å². The lowest BCUT2D eigenvalue weighted by molar-refractivity contribution is 0.412. The molecule has 1 heterocycles. The van der Waals surface area contributed by atoms with Gasteiger partial charge in [0, 0.05) is 36.9 Å². The minimum Gasteiger partial charge on any atom is -0.495 e. The van der Waals surface area contributed by atoms with Crippen molar-refractivity contribution in [1.29, 1.82) is 0 Å². The van der Waals surface area contributed by atoms with Gasteiger partial charge in [0.2, 0.25) is 0 Å². The monoisotopic (exact) mass is 312 g/mol. The molecule has 4 heteroatoms. The van der Waals surface area contributed by atoms with E-state index in [2.05, 4.69) is 58.2 Å². The highest BCUT2D eigenvalue weighted by atomic mass is 79.9. The number of halogens is 1. The first-order valence-electron chi connectivity index (χ1n) is 6.44. The van der Waals surface area contributed by atoms with Crippen LogP contribution in [-0.4, -0.2) is 32.3 Å². The highest BCUT2D eigenvalue weighted by molar-refractivity contribution is 9.10. The molecule has 1 N–H and O–H groups in total. The summed E-state index contributed by atoms with van der Waals surface area (Å²) in [5.74, 6) is 0.896. The molecule has 0 saturated carbocycles. The van der Waals surface area contributed by atoms with Crippen LogP contribution in [0.2, 0.25) is 0 Å². The van der Waals surface area contributed by atoms with E-state index in [1.54, 1.807) is 7.11 Å². The van der Waals surface area contributed by atoms with Crippen molar-refractivity contribution in [3.8, 4) is 5.75 Å². The SMILES string of the molecule is COc1cc(N2CCC(NC(C)C)C2)ccc1Br. The molecule has 0 aliphatic carbocycles. The van der Waals surface area contributed by atoms with Crippen LogP contribution in [0.15, 0.2) is 22.7 Å². The molecule has 1 saturated heterocycles. The average Bonchev–Trinajstić information content (AvgIpc) is 2.77. The predicted octanol–water partition coefficient (Wildman–Crippen LogP) is 3.03. The van der Waals surface area contributed by atoms with Crippen molar-refractivity contribution >= 4 is 21.6 Å². The zero-order chi connectivity index (χ0) is 13.1. The molecular formula is C14H21BrN2O. The van der Waals surface area contributed by atoms with Crippen molar-refractivity contribution < 1.29 is 4.74 Å². The topological polar surface area (TPSA) is 24.5 Å². The molecule has 1 aliphatic heterocycles. The highest BCUT2D eigenvalue weighted by Crippen LogP contribution is 2.31. The summed E-state index contributed by atoms with van der Waals surface area (Å²) in [6.45, 7) is 6.58. The first kappa shape index (κ1) is 13.7. The van der Waals surface area contributed by atoms with Gasteiger partial charge < -0.3 is 15.0 Å². The first-order valence-corrected chi connectivity index (χ1v) is 7.24. The number of anilines is 1. The third-order valence-electron chi connectivity index (χ3n) is 3.26. The standard InChI is InChI=1S/C14H21BrN2O/c1-10(2)16-11-6-7-17(9-11)12-4-5-13(15)14(8-12)18-3/h4-5,8,10-11,16H,6-7,9H2,1-3H3. The molecule has 1 aromatic rings. The van der Waals surface area contributed by atoms with E-state index >= 15 is 0 Å². The summed E-state index contributed by atoms with van der Waals surface area (Å²) in [6.07, 6.45) is 1.20. The molecule has 0 aromatic heterocycles. The maximum Gasteiger partial charge on any atom is 0.135 e. The lowest BCUT2D eigenvalue weighted by atomic mass is 10.2. The molecule has 0 bridgehead atoms. The average molecular weight is 313 g/mol. The smallest absolute Gasteiger partial charge is 0.135 e. The van der Waals surface area contributed by atoms with Crippen molar-refractivity contribution in [3.63, 3.8) is 0 Å². The van der Waals surface area contributed by atoms with Gasteiger partial charge in [-0.05, 0) is 34.5 Å². The second-order valence-corrected chi connectivity index (χ2v) is 5.93. The summed E-state index contributed by atoms with van der Waals surface area (Å²) in [4.78, 5) is 2.41. The maximum absolute atomic E-state index is 5.35. The predicted molar refractivity (Wildman–Crippen MR) is 79.6 cm³/mol. The van der Waals surface area contributed by atoms with Crippen molar-refractivity contribution in [2.24, 2.45) is 0 Å². The van der Waals surface area contributed by atoms with Crippen molar-refractivity contribution in [1.82, 2.24) is 5.32 Å². The van der Waals surface area contributed by atoms with Crippen LogP contribution in [0.5, 0.6) is 5.75 Å². The van der Waals surface area contributed by atoms with Crippen LogP contribution in [0.25, 0.3) is 0 Å². The number of ether oxygens (including phenoxy) is 1. The Bertz CT molecular complexity index is 409. The molecule has 18 heavy (non-hydrogen) atoms. The van der Waals surface area contributed by atoms with Crippen LogP contribution in [0.4, 0.5) is 5.69 Å². The van der Waals surface area contributed by atoms with Crippen LogP contribution in [-0.2, 0) is 0 Å². The second-order valence-electron chi connectivity index (χ2n) is 5.07. The summed E-state index contributed by atoms with van der Waals surface area (Å²) < 4.78 is 6.35. The largest absolute Gasteiger partial charge is 0.495 e. The molecule has 1 aliphatic rings. The normalized spacial score (nSPS) is 19.6. The molecular weight excluding hydrogens is 292 g/mol. The number of benzene rings is 1. The molecule has 2 rings (SSSR count). The Morgan fingerprint density at radius 1 is 1.44 bits per heavy atom. The number of hydrogen-bond acceptors (Lipinski definition) is 3. The molecule has 3 nitrogen and oxygen atoms in total. The number of methoxy groups -OCH3 is 1. The molecule has 0 amide bonds. The fourth-order valence-electron chi connectivity index (χ4n) is 2.45. The van der Waals surface area contributed by atoms with Gasteiger partial charge in [-0.2, -0.15) is 0 Å². The Hall–Kier alpha value is -0.740. The van der Waals surface area contributed by atoms with Gasteiger partial charge in [-0.25, -0.2) is 0 Å². The molecule has 1 atom stereocenters. The van der Waals surface area contributed by atoms with Crippen LogP contribution in [0.3, 0.4) is 0 Å². The van der Waals surface area contributed by atoms with Crippen LogP contribution in [0, 0.1) is 0 Å². The van der Waals surface area contributed by atoms with E-state index in [0.29, 0.717) is 12.1 Å². The fraction of sp³-hybridized carbons (Fsp3) is 0.571. The minimum absolute atomic E-state index is 0.550. The Morgan fingerprint density at radius 2 is 2.22 bits per heavy atom. The van der Waals surface area contributed by atoms with Gasteiger partial charge in [0.1, 0.15) is 5.75 Å². The summed E-state index contributed by atoms with van der Waals surface area (Å²) in [6, 6.07) is 7.44. The van der Waals surface area contributed by atoms with Crippen molar-refractivity contribution in [3.05, 3.63) is 22.7 Å². The Kier molecular flexibility index (Phi) is 4.51. The third kappa shape index (κ3) is 3.18. The van der Waals surface area contributed by atoms with Gasteiger partial charge >= 0.3 is 0 Å². The summed E-state index contributed by atoms with van der Waals surface area (Å²) in [5, 5.41) is 3.60. The zero-order valence-corrected chi connectivity index (χ0v) is 12.8. The number of nitrogens with zero attached hydrogens (tertiary/aromatic N) is 1. The van der Waals surface area contributed by atoms with E-state index in [1.165, 1.54) is 12.1 Å². The lowest BCUT2D eigenvalue weighted by Gasteiger charge is -2.21. The van der Waals surface area contributed by atoms with Crippen LogP contribution in [0.1, 0.15) is 20.3 Å². The highest BCUT2D eigenvalue weighted by Gasteiger charge is 2.23. The number of rotatable bonds is 4.